The van der Waals surface area contributed by atoms with E-state index in [2.05, 4.69) is 40.6 Å². The van der Waals surface area contributed by atoms with E-state index < -0.39 is 5.92 Å². The maximum absolute atomic E-state index is 12.9. The highest BCUT2D eigenvalue weighted by Crippen LogP contribution is 2.43. The van der Waals surface area contributed by atoms with E-state index >= 15 is 0 Å². The first-order valence-corrected chi connectivity index (χ1v) is 10.3. The number of hydrogen-bond donors (Lipinski definition) is 0. The largest absolute Gasteiger partial charge is 0.465 e. The van der Waals surface area contributed by atoms with Gasteiger partial charge < -0.3 is 4.74 Å². The van der Waals surface area contributed by atoms with Crippen molar-refractivity contribution in [1.29, 1.82) is 0 Å². The average Bonchev–Trinajstić information content (AvgIpc) is 2.61. The van der Waals surface area contributed by atoms with Crippen molar-refractivity contribution in [3.8, 4) is 0 Å². The van der Waals surface area contributed by atoms with Crippen LogP contribution in [0.5, 0.6) is 0 Å². The van der Waals surface area contributed by atoms with Crippen LogP contribution in [0.3, 0.4) is 0 Å². The second-order valence-corrected chi connectivity index (χ2v) is 8.17. The summed E-state index contributed by atoms with van der Waals surface area (Å²) in [6.07, 6.45) is 3.98. The molecule has 2 aliphatic rings. The summed E-state index contributed by atoms with van der Waals surface area (Å²) in [6.45, 7) is 4.36. The number of carbonyl (C=O) groups is 2. The van der Waals surface area contributed by atoms with Crippen LogP contribution in [0.1, 0.15) is 57.4 Å². The maximum Gasteiger partial charge on any atom is 0.315 e. The van der Waals surface area contributed by atoms with Crippen molar-refractivity contribution in [3.63, 3.8) is 0 Å². The Kier molecular flexibility index (Phi) is 6.27. The van der Waals surface area contributed by atoms with Gasteiger partial charge in [0.1, 0.15) is 5.92 Å². The zero-order valence-corrected chi connectivity index (χ0v) is 17.4. The van der Waals surface area contributed by atoms with Crippen molar-refractivity contribution >= 4 is 40.1 Å². The molecule has 1 unspecified atom stereocenters. The van der Waals surface area contributed by atoms with E-state index in [4.69, 9.17) is 4.74 Å². The Morgan fingerprint density at radius 3 is 2.88 bits per heavy atom. The fourth-order valence-electron chi connectivity index (χ4n) is 3.78. The van der Waals surface area contributed by atoms with Crippen LogP contribution in [0.2, 0.25) is 0 Å². The van der Waals surface area contributed by atoms with Crippen molar-refractivity contribution in [2.45, 2.75) is 51.9 Å². The molecule has 5 heteroatoms. The molecule has 138 valence electrons. The number of rotatable bonds is 5. The Labute approximate surface area is 168 Å². The molecule has 0 saturated carbocycles. The minimum atomic E-state index is -0.522. The Morgan fingerprint density at radius 1 is 1.35 bits per heavy atom. The molecule has 1 aromatic carbocycles. The molecule has 0 radical (unpaired) electrons. The lowest BCUT2D eigenvalue weighted by Crippen LogP contribution is -2.37. The lowest BCUT2D eigenvalue weighted by molar-refractivity contribution is -0.146. The Balaban J connectivity index is 2.04. The zero-order valence-electron chi connectivity index (χ0n) is 15.3. The number of aliphatic imine (C=N–C) groups is 1. The molecule has 0 amide bonds. The smallest absolute Gasteiger partial charge is 0.315 e. The first-order chi connectivity index (χ1) is 12.5. The second kappa shape index (κ2) is 8.46. The molecule has 1 aliphatic heterocycles. The zero-order chi connectivity index (χ0) is 18.7. The van der Waals surface area contributed by atoms with Gasteiger partial charge >= 0.3 is 5.97 Å². The third kappa shape index (κ3) is 3.92. The van der Waals surface area contributed by atoms with Crippen LogP contribution in [-0.4, -0.2) is 24.1 Å². The van der Waals surface area contributed by atoms with Gasteiger partial charge in [-0.2, -0.15) is 0 Å². The molecular formula is C21H24INO3. The van der Waals surface area contributed by atoms with Gasteiger partial charge in [0.15, 0.2) is 5.78 Å². The van der Waals surface area contributed by atoms with E-state index in [1.165, 1.54) is 0 Å². The summed E-state index contributed by atoms with van der Waals surface area (Å²) in [5.74, 6) is -0.962. The molecule has 1 aromatic rings. The summed E-state index contributed by atoms with van der Waals surface area (Å²) in [5, 5.41) is 0. The van der Waals surface area contributed by atoms with E-state index in [0.29, 0.717) is 13.0 Å². The highest BCUT2D eigenvalue weighted by molar-refractivity contribution is 14.1. The predicted molar refractivity (Wildman–Crippen MR) is 110 cm³/mol. The van der Waals surface area contributed by atoms with Crippen molar-refractivity contribution in [3.05, 3.63) is 44.7 Å². The van der Waals surface area contributed by atoms with Gasteiger partial charge in [-0.25, -0.2) is 0 Å². The summed E-state index contributed by atoms with van der Waals surface area (Å²) in [4.78, 5) is 30.3. The first-order valence-electron chi connectivity index (χ1n) is 9.26. The minimum absolute atomic E-state index is 0.123. The Bertz CT molecular complexity index is 781. The molecule has 0 N–H and O–H groups in total. The van der Waals surface area contributed by atoms with Crippen molar-refractivity contribution < 1.29 is 14.3 Å². The van der Waals surface area contributed by atoms with Crippen LogP contribution in [0, 0.1) is 9.49 Å². The number of halogens is 1. The molecule has 1 aliphatic carbocycles. The van der Waals surface area contributed by atoms with Gasteiger partial charge in [-0.15, -0.1) is 0 Å². The molecule has 2 atom stereocenters. The Hall–Kier alpha value is -1.50. The molecule has 0 bridgehead atoms. The molecule has 0 aromatic heterocycles. The molecule has 1 heterocycles. The van der Waals surface area contributed by atoms with Crippen molar-refractivity contribution in [2.24, 2.45) is 10.9 Å². The number of unbranched alkanes of at least 4 members (excludes halogenated alkanes) is 1. The summed E-state index contributed by atoms with van der Waals surface area (Å²) in [7, 11) is 0. The highest BCUT2D eigenvalue weighted by atomic mass is 127. The number of allylic oxidation sites excluding steroid dienone is 2. The number of ketones is 1. The predicted octanol–water partition coefficient (Wildman–Crippen LogP) is 4.82. The van der Waals surface area contributed by atoms with Gasteiger partial charge in [0.25, 0.3) is 0 Å². The molecule has 3 rings (SSSR count). The minimum Gasteiger partial charge on any atom is -0.465 e. The van der Waals surface area contributed by atoms with E-state index in [1.807, 2.05) is 25.1 Å². The van der Waals surface area contributed by atoms with E-state index in [9.17, 15) is 9.59 Å². The number of ether oxygens (including phenoxy) is 1. The summed E-state index contributed by atoms with van der Waals surface area (Å²) < 4.78 is 6.62. The second-order valence-electron chi connectivity index (χ2n) is 6.92. The van der Waals surface area contributed by atoms with Crippen molar-refractivity contribution in [2.75, 3.05) is 6.61 Å². The number of carbonyl (C=O) groups excluding carboxylic acids is 2. The third-order valence-corrected chi connectivity index (χ3v) is 5.71. The summed E-state index contributed by atoms with van der Waals surface area (Å²) >= 11 is 2.26. The molecule has 0 saturated heterocycles. The lowest BCUT2D eigenvalue weighted by atomic mass is 9.72. The van der Waals surface area contributed by atoms with Gasteiger partial charge in [0, 0.05) is 32.9 Å². The highest BCUT2D eigenvalue weighted by Gasteiger charge is 2.43. The van der Waals surface area contributed by atoms with Gasteiger partial charge in [-0.05, 0) is 66.5 Å². The van der Waals surface area contributed by atoms with E-state index in [0.717, 1.165) is 51.8 Å². The van der Waals surface area contributed by atoms with Gasteiger partial charge in [-0.3, -0.25) is 14.6 Å². The van der Waals surface area contributed by atoms with Gasteiger partial charge in [0.05, 0.1) is 6.61 Å². The topological polar surface area (TPSA) is 55.7 Å². The molecular weight excluding hydrogens is 441 g/mol. The van der Waals surface area contributed by atoms with E-state index in [1.54, 1.807) is 0 Å². The van der Waals surface area contributed by atoms with E-state index in [-0.39, 0.29) is 17.7 Å². The quantitative estimate of drug-likeness (QED) is 0.356. The van der Waals surface area contributed by atoms with Gasteiger partial charge in [-0.1, -0.05) is 25.5 Å². The van der Waals surface area contributed by atoms with Crippen LogP contribution in [0.25, 0.3) is 0 Å². The fraction of sp³-hybridized carbons (Fsp3) is 0.476. The molecule has 26 heavy (non-hydrogen) atoms. The SMILES string of the molecule is CCCCOC(=O)C1C(C)=NC2=C(C(=O)CCC2)[C@@H]1c1cccc(I)c1. The standard InChI is InChI=1S/C21H24INO3/c1-3-4-11-26-21(25)18-13(2)23-16-9-6-10-17(24)20(16)19(18)14-7-5-8-15(22)12-14/h5,7-8,12,18-19H,3-4,6,9-11H2,1-2H3/t18?,19-/m1/s1. The van der Waals surface area contributed by atoms with Gasteiger partial charge in [0.2, 0.25) is 0 Å². The average molecular weight is 465 g/mol. The number of nitrogens with zero attached hydrogens (tertiary/aromatic N) is 1. The maximum atomic E-state index is 12.9. The number of Topliss-reactive ketones (excluding diaryl/α,β-unsaturated/α-hetero) is 1. The fourth-order valence-corrected chi connectivity index (χ4v) is 4.35. The van der Waals surface area contributed by atoms with Crippen LogP contribution >= 0.6 is 22.6 Å². The normalized spacial score (nSPS) is 22.7. The first kappa shape index (κ1) is 19.3. The monoisotopic (exact) mass is 465 g/mol. The van der Waals surface area contributed by atoms with Crippen LogP contribution in [-0.2, 0) is 14.3 Å². The summed E-state index contributed by atoms with van der Waals surface area (Å²) in [5.41, 5.74) is 3.33. The van der Waals surface area contributed by atoms with Crippen LogP contribution < -0.4 is 0 Å². The number of esters is 1. The molecule has 4 nitrogen and oxygen atoms in total. The number of benzene rings is 1. The Morgan fingerprint density at radius 2 is 2.15 bits per heavy atom. The molecule has 0 fully saturated rings. The van der Waals surface area contributed by atoms with Crippen LogP contribution in [0.4, 0.5) is 0 Å². The third-order valence-electron chi connectivity index (χ3n) is 5.04. The molecule has 0 spiro atoms. The lowest BCUT2D eigenvalue weighted by Gasteiger charge is -2.34. The summed E-state index contributed by atoms with van der Waals surface area (Å²) in [6, 6.07) is 8.05. The van der Waals surface area contributed by atoms with Crippen LogP contribution in [0.15, 0.2) is 40.5 Å². The van der Waals surface area contributed by atoms with Crippen molar-refractivity contribution in [1.82, 2.24) is 0 Å². The number of hydrogen-bond acceptors (Lipinski definition) is 4.